The van der Waals surface area contributed by atoms with Crippen LogP contribution in [0.25, 0.3) is 0 Å². The van der Waals surface area contributed by atoms with Crippen molar-refractivity contribution in [3.8, 4) is 0 Å². The third-order valence-electron chi connectivity index (χ3n) is 9.78. The minimum Gasteiger partial charge on any atom is -0.394 e. The van der Waals surface area contributed by atoms with Crippen LogP contribution >= 0.6 is 0 Å². The predicted octanol–water partition coefficient (Wildman–Crippen LogP) is 5.78. The maximum Gasteiger partial charge on any atom is 0.187 e. The van der Waals surface area contributed by atoms with Gasteiger partial charge in [0.2, 0.25) is 0 Å². The Bertz CT molecular complexity index is 793. The van der Waals surface area contributed by atoms with Crippen LogP contribution in [0.5, 0.6) is 0 Å². The van der Waals surface area contributed by atoms with E-state index in [1.807, 2.05) is 20.8 Å². The molecule has 304 valence electrons. The number of rotatable bonds is 32. The van der Waals surface area contributed by atoms with Crippen LogP contribution < -0.4 is 0 Å². The fourth-order valence-electron chi connectivity index (χ4n) is 6.97. The molecule has 2 saturated heterocycles. The van der Waals surface area contributed by atoms with Crippen LogP contribution in [0.1, 0.15) is 143 Å². The molecule has 0 saturated carbocycles. The van der Waals surface area contributed by atoms with Crippen molar-refractivity contribution in [2.24, 2.45) is 0 Å². The van der Waals surface area contributed by atoms with Crippen LogP contribution in [0.15, 0.2) is 0 Å². The molecule has 12 nitrogen and oxygen atoms in total. The highest BCUT2D eigenvalue weighted by Gasteiger charge is 2.53. The first-order valence-corrected chi connectivity index (χ1v) is 20.5. The molecular weight excluding hydrogens is 660 g/mol. The summed E-state index contributed by atoms with van der Waals surface area (Å²) in [5, 5.41) is 41.5. The molecule has 2 rings (SSSR count). The minimum atomic E-state index is -1.27. The molecule has 51 heavy (non-hydrogen) atoms. The van der Waals surface area contributed by atoms with E-state index in [2.05, 4.69) is 6.92 Å². The second-order valence-corrected chi connectivity index (χ2v) is 14.1. The van der Waals surface area contributed by atoms with Crippen molar-refractivity contribution in [3.05, 3.63) is 0 Å². The van der Waals surface area contributed by atoms with Crippen molar-refractivity contribution in [1.82, 2.24) is 0 Å². The molecule has 0 amide bonds. The summed E-state index contributed by atoms with van der Waals surface area (Å²) in [6.45, 7) is 8.58. The molecule has 0 bridgehead atoms. The third-order valence-corrected chi connectivity index (χ3v) is 9.78. The second-order valence-electron chi connectivity index (χ2n) is 14.1. The van der Waals surface area contributed by atoms with Crippen LogP contribution in [0.3, 0.4) is 0 Å². The van der Waals surface area contributed by atoms with Gasteiger partial charge in [0, 0.05) is 26.4 Å². The molecule has 4 N–H and O–H groups in total. The van der Waals surface area contributed by atoms with Crippen LogP contribution in [0.4, 0.5) is 0 Å². The number of aliphatic hydroxyl groups excluding tert-OH is 4. The van der Waals surface area contributed by atoms with Gasteiger partial charge < -0.3 is 58.3 Å². The molecule has 2 aliphatic heterocycles. The number of ether oxygens (including phenoxy) is 8. The zero-order valence-corrected chi connectivity index (χ0v) is 32.5. The molecule has 2 heterocycles. The molecule has 0 aromatic heterocycles. The maximum atomic E-state index is 11.0. The predicted molar refractivity (Wildman–Crippen MR) is 195 cm³/mol. The summed E-state index contributed by atoms with van der Waals surface area (Å²) in [6, 6.07) is 0. The summed E-state index contributed by atoms with van der Waals surface area (Å²) in [7, 11) is 0. The molecule has 12 heteroatoms. The first-order valence-electron chi connectivity index (χ1n) is 20.5. The normalized spacial score (nSPS) is 29.9. The quantitative estimate of drug-likeness (QED) is 0.0489. The summed E-state index contributed by atoms with van der Waals surface area (Å²) < 4.78 is 48.4. The van der Waals surface area contributed by atoms with E-state index in [1.165, 1.54) is 89.9 Å². The van der Waals surface area contributed by atoms with Crippen molar-refractivity contribution < 1.29 is 58.3 Å². The Morgan fingerprint density at radius 3 is 1.55 bits per heavy atom. The Morgan fingerprint density at radius 1 is 0.490 bits per heavy atom. The Kier molecular flexibility index (Phi) is 27.3. The first-order chi connectivity index (χ1) is 25.0. The lowest BCUT2D eigenvalue weighted by atomic mass is 9.96. The van der Waals surface area contributed by atoms with E-state index < -0.39 is 74.8 Å². The van der Waals surface area contributed by atoms with Crippen molar-refractivity contribution in [2.45, 2.75) is 205 Å². The SMILES string of the molecule is CCCCCCCCCCCCCCCCCCOC[C@H]1O[C@@H](O)[C@H](OCCC)[C@@H](OCC)[C@@H]1O[C@@H]1O[C@H](CO)[C@@H](O)[C@H](OCO)[C@H]1OCCC. The number of hydrogen-bond donors (Lipinski definition) is 4. The van der Waals surface area contributed by atoms with Gasteiger partial charge in [0.1, 0.15) is 55.6 Å². The molecular formula is C39H76O12. The van der Waals surface area contributed by atoms with E-state index in [-0.39, 0.29) is 6.61 Å². The molecule has 0 radical (unpaired) electrons. The number of unbranched alkanes of at least 4 members (excludes halogenated alkanes) is 15. The lowest BCUT2D eigenvalue weighted by molar-refractivity contribution is -0.370. The van der Waals surface area contributed by atoms with Crippen molar-refractivity contribution in [3.63, 3.8) is 0 Å². The smallest absolute Gasteiger partial charge is 0.187 e. The van der Waals surface area contributed by atoms with Gasteiger partial charge in [-0.15, -0.1) is 0 Å². The summed E-state index contributed by atoms with van der Waals surface area (Å²) >= 11 is 0. The van der Waals surface area contributed by atoms with Gasteiger partial charge in [0.25, 0.3) is 0 Å². The molecule has 2 aliphatic rings. The van der Waals surface area contributed by atoms with Gasteiger partial charge in [-0.2, -0.15) is 0 Å². The van der Waals surface area contributed by atoms with Gasteiger partial charge in [-0.3, -0.25) is 0 Å². The summed E-state index contributed by atoms with van der Waals surface area (Å²) in [5.41, 5.74) is 0. The largest absolute Gasteiger partial charge is 0.394 e. The Labute approximate surface area is 309 Å². The highest BCUT2D eigenvalue weighted by Crippen LogP contribution is 2.33. The zero-order chi connectivity index (χ0) is 37.1. The Balaban J connectivity index is 1.89. The topological polar surface area (TPSA) is 155 Å². The molecule has 10 atom stereocenters. The molecule has 0 spiro atoms. The van der Waals surface area contributed by atoms with Gasteiger partial charge >= 0.3 is 0 Å². The molecule has 0 aliphatic carbocycles. The Morgan fingerprint density at radius 2 is 1.04 bits per heavy atom. The van der Waals surface area contributed by atoms with Crippen molar-refractivity contribution in [1.29, 1.82) is 0 Å². The van der Waals surface area contributed by atoms with E-state index in [0.717, 1.165) is 19.3 Å². The van der Waals surface area contributed by atoms with Crippen LogP contribution in [0, 0.1) is 0 Å². The summed E-state index contributed by atoms with van der Waals surface area (Å²) in [5.74, 6) is 0. The van der Waals surface area contributed by atoms with Gasteiger partial charge in [-0.1, -0.05) is 117 Å². The second kappa shape index (κ2) is 29.8. The van der Waals surface area contributed by atoms with Crippen LogP contribution in [-0.4, -0.2) is 128 Å². The van der Waals surface area contributed by atoms with Crippen molar-refractivity contribution in [2.75, 3.05) is 46.4 Å². The lowest BCUT2D eigenvalue weighted by Crippen LogP contribution is -2.66. The zero-order valence-electron chi connectivity index (χ0n) is 32.5. The lowest BCUT2D eigenvalue weighted by Gasteiger charge is -2.48. The van der Waals surface area contributed by atoms with E-state index in [4.69, 9.17) is 37.9 Å². The van der Waals surface area contributed by atoms with E-state index in [1.54, 1.807) is 0 Å². The van der Waals surface area contributed by atoms with Gasteiger partial charge in [-0.05, 0) is 26.2 Å². The maximum absolute atomic E-state index is 11.0. The van der Waals surface area contributed by atoms with Gasteiger partial charge in [0.15, 0.2) is 12.6 Å². The monoisotopic (exact) mass is 737 g/mol. The van der Waals surface area contributed by atoms with E-state index in [0.29, 0.717) is 32.8 Å². The van der Waals surface area contributed by atoms with Crippen LogP contribution in [0.2, 0.25) is 0 Å². The molecule has 0 aromatic rings. The summed E-state index contributed by atoms with van der Waals surface area (Å²) in [4.78, 5) is 0. The number of aliphatic hydroxyl groups is 4. The fourth-order valence-corrected chi connectivity index (χ4v) is 6.97. The molecule has 0 aromatic carbocycles. The third kappa shape index (κ3) is 17.7. The van der Waals surface area contributed by atoms with E-state index in [9.17, 15) is 20.4 Å². The highest BCUT2D eigenvalue weighted by molar-refractivity contribution is 4.96. The average Bonchev–Trinajstić information content (AvgIpc) is 3.13. The standard InChI is InChI=1S/C39H76O12/c1-5-9-10-11-12-13-14-15-16-17-18-19-20-21-22-23-26-44-28-31-33(35(45-8-4)36(38(43)49-31)46-24-6-2)51-39-37(47-25-7-3)34(48-29-41)32(42)30(27-40)50-39/h30-43H,5-29H2,1-4H3/t30-,31-,32-,33-,34+,35+,36-,37-,38-,39+/m1/s1. The minimum absolute atomic E-state index is 0.139. The Hall–Kier alpha value is -0.480. The average molecular weight is 737 g/mol. The van der Waals surface area contributed by atoms with Crippen LogP contribution in [-0.2, 0) is 37.9 Å². The molecule has 2 fully saturated rings. The van der Waals surface area contributed by atoms with Gasteiger partial charge in [0.05, 0.1) is 13.2 Å². The molecule has 0 unspecified atom stereocenters. The summed E-state index contributed by atoms with van der Waals surface area (Å²) in [6.07, 6.45) is 12.4. The highest BCUT2D eigenvalue weighted by atomic mass is 16.7. The van der Waals surface area contributed by atoms with Gasteiger partial charge in [-0.25, -0.2) is 0 Å². The van der Waals surface area contributed by atoms with Crippen molar-refractivity contribution >= 4 is 0 Å². The number of hydrogen-bond acceptors (Lipinski definition) is 12. The van der Waals surface area contributed by atoms with E-state index >= 15 is 0 Å². The first kappa shape index (κ1) is 46.7. The fraction of sp³-hybridized carbons (Fsp3) is 1.00.